The number of nitrogens with zero attached hydrogens (tertiary/aromatic N) is 3. The zero-order valence-corrected chi connectivity index (χ0v) is 10.2. The molecule has 0 amide bonds. The third kappa shape index (κ3) is 4.61. The quantitative estimate of drug-likeness (QED) is 0.755. The molecule has 0 bridgehead atoms. The van der Waals surface area contributed by atoms with E-state index in [0.717, 1.165) is 6.42 Å². The van der Waals surface area contributed by atoms with Gasteiger partial charge in [0.1, 0.15) is 18.3 Å². The molecule has 8 heteroatoms. The van der Waals surface area contributed by atoms with E-state index in [-0.39, 0.29) is 13.2 Å². The van der Waals surface area contributed by atoms with Crippen LogP contribution in [0.1, 0.15) is 25.0 Å². The largest absolute Gasteiger partial charge is 0.411 e. The van der Waals surface area contributed by atoms with Gasteiger partial charge in [0.2, 0.25) is 0 Å². The standard InChI is InChI=1S/C10H17F3N4O/c1-2-4-17-8(15-16-9(17)6-14)3-5-18-7-10(11,12)13/h2-7,14H2,1H3. The summed E-state index contributed by atoms with van der Waals surface area (Å²) < 4.78 is 42.0. The van der Waals surface area contributed by atoms with Gasteiger partial charge in [-0.25, -0.2) is 0 Å². The van der Waals surface area contributed by atoms with Crippen molar-refractivity contribution in [3.63, 3.8) is 0 Å². The number of ether oxygens (including phenoxy) is 1. The molecule has 0 aliphatic rings. The lowest BCUT2D eigenvalue weighted by Crippen LogP contribution is -2.19. The molecule has 0 saturated carbocycles. The molecule has 0 saturated heterocycles. The molecule has 0 fully saturated rings. The molecule has 1 aromatic heterocycles. The summed E-state index contributed by atoms with van der Waals surface area (Å²) in [4.78, 5) is 0. The highest BCUT2D eigenvalue weighted by Crippen LogP contribution is 2.14. The van der Waals surface area contributed by atoms with Crippen LogP contribution in [0, 0.1) is 0 Å². The monoisotopic (exact) mass is 266 g/mol. The first-order valence-electron chi connectivity index (χ1n) is 5.73. The summed E-state index contributed by atoms with van der Waals surface area (Å²) in [5.41, 5.74) is 5.50. The SMILES string of the molecule is CCCn1c(CN)nnc1CCOCC(F)(F)F. The molecule has 1 heterocycles. The van der Waals surface area contributed by atoms with Crippen LogP contribution in [0.3, 0.4) is 0 Å². The Labute approximate surface area is 103 Å². The summed E-state index contributed by atoms with van der Waals surface area (Å²) >= 11 is 0. The summed E-state index contributed by atoms with van der Waals surface area (Å²) in [6, 6.07) is 0. The number of rotatable bonds is 7. The Balaban J connectivity index is 2.49. The Morgan fingerprint density at radius 3 is 2.50 bits per heavy atom. The Morgan fingerprint density at radius 2 is 1.94 bits per heavy atom. The average Bonchev–Trinajstić information content (AvgIpc) is 2.66. The van der Waals surface area contributed by atoms with E-state index in [1.165, 1.54) is 0 Å². The second-order valence-corrected chi connectivity index (χ2v) is 3.81. The highest BCUT2D eigenvalue weighted by molar-refractivity contribution is 4.96. The van der Waals surface area contributed by atoms with Gasteiger partial charge in [-0.15, -0.1) is 10.2 Å². The number of hydrogen-bond acceptors (Lipinski definition) is 4. The van der Waals surface area contributed by atoms with Crippen LogP contribution in [0.5, 0.6) is 0 Å². The van der Waals surface area contributed by atoms with Crippen molar-refractivity contribution in [3.8, 4) is 0 Å². The molecular formula is C10H17F3N4O. The number of nitrogens with two attached hydrogens (primary N) is 1. The van der Waals surface area contributed by atoms with Crippen LogP contribution in [0.25, 0.3) is 0 Å². The van der Waals surface area contributed by atoms with E-state index in [2.05, 4.69) is 14.9 Å². The summed E-state index contributed by atoms with van der Waals surface area (Å²) in [7, 11) is 0. The molecule has 104 valence electrons. The van der Waals surface area contributed by atoms with E-state index in [4.69, 9.17) is 5.73 Å². The minimum atomic E-state index is -4.29. The van der Waals surface area contributed by atoms with Crippen molar-refractivity contribution in [2.24, 2.45) is 5.73 Å². The first-order chi connectivity index (χ1) is 8.48. The van der Waals surface area contributed by atoms with Gasteiger partial charge in [0.05, 0.1) is 13.2 Å². The first-order valence-corrected chi connectivity index (χ1v) is 5.73. The maximum atomic E-state index is 11.9. The fraction of sp³-hybridized carbons (Fsp3) is 0.800. The van der Waals surface area contributed by atoms with Gasteiger partial charge in [0.15, 0.2) is 0 Å². The molecule has 0 spiro atoms. The molecule has 5 nitrogen and oxygen atoms in total. The Morgan fingerprint density at radius 1 is 1.28 bits per heavy atom. The zero-order valence-electron chi connectivity index (χ0n) is 10.2. The van der Waals surface area contributed by atoms with Gasteiger partial charge in [0, 0.05) is 13.0 Å². The van der Waals surface area contributed by atoms with Crippen molar-refractivity contribution in [2.75, 3.05) is 13.2 Å². The third-order valence-electron chi connectivity index (χ3n) is 2.27. The van der Waals surface area contributed by atoms with Crippen LogP contribution < -0.4 is 5.73 Å². The molecule has 1 rings (SSSR count). The Bertz CT molecular complexity index is 364. The van der Waals surface area contributed by atoms with Crippen LogP contribution in [-0.4, -0.2) is 34.2 Å². The van der Waals surface area contributed by atoms with E-state index in [1.807, 2.05) is 11.5 Å². The average molecular weight is 266 g/mol. The maximum Gasteiger partial charge on any atom is 0.411 e. The van der Waals surface area contributed by atoms with Crippen molar-refractivity contribution in [2.45, 2.75) is 39.0 Å². The molecule has 1 aromatic rings. The van der Waals surface area contributed by atoms with E-state index in [9.17, 15) is 13.2 Å². The van der Waals surface area contributed by atoms with Crippen molar-refractivity contribution in [1.29, 1.82) is 0 Å². The van der Waals surface area contributed by atoms with Gasteiger partial charge in [-0.1, -0.05) is 6.92 Å². The lowest BCUT2D eigenvalue weighted by Gasteiger charge is -2.09. The van der Waals surface area contributed by atoms with Crippen LogP contribution in [0.15, 0.2) is 0 Å². The third-order valence-corrected chi connectivity index (χ3v) is 2.27. The number of hydrogen-bond donors (Lipinski definition) is 1. The number of halogens is 3. The van der Waals surface area contributed by atoms with Gasteiger partial charge in [-0.3, -0.25) is 0 Å². The maximum absolute atomic E-state index is 11.9. The molecule has 0 aliphatic heterocycles. The van der Waals surface area contributed by atoms with E-state index in [1.54, 1.807) is 0 Å². The van der Waals surface area contributed by atoms with Gasteiger partial charge in [-0.2, -0.15) is 13.2 Å². The van der Waals surface area contributed by atoms with E-state index < -0.39 is 12.8 Å². The van der Waals surface area contributed by atoms with Crippen LogP contribution in [0.2, 0.25) is 0 Å². The second kappa shape index (κ2) is 6.69. The van der Waals surface area contributed by atoms with E-state index in [0.29, 0.717) is 24.6 Å². The minimum Gasteiger partial charge on any atom is -0.372 e. The fourth-order valence-electron chi connectivity index (χ4n) is 1.54. The number of alkyl halides is 3. The smallest absolute Gasteiger partial charge is 0.372 e. The topological polar surface area (TPSA) is 66.0 Å². The summed E-state index contributed by atoms with van der Waals surface area (Å²) in [6.45, 7) is 1.68. The van der Waals surface area contributed by atoms with E-state index >= 15 is 0 Å². The molecule has 0 aliphatic carbocycles. The first kappa shape index (κ1) is 14.9. The second-order valence-electron chi connectivity index (χ2n) is 3.81. The van der Waals surface area contributed by atoms with Gasteiger partial charge >= 0.3 is 6.18 Å². The molecule has 18 heavy (non-hydrogen) atoms. The Hall–Kier alpha value is -1.15. The van der Waals surface area contributed by atoms with Gasteiger partial charge in [0.25, 0.3) is 0 Å². The molecule has 2 N–H and O–H groups in total. The highest BCUT2D eigenvalue weighted by atomic mass is 19.4. The predicted molar refractivity (Wildman–Crippen MR) is 58.8 cm³/mol. The molecule has 0 aromatic carbocycles. The molecular weight excluding hydrogens is 249 g/mol. The highest BCUT2D eigenvalue weighted by Gasteiger charge is 2.27. The van der Waals surface area contributed by atoms with Crippen molar-refractivity contribution < 1.29 is 17.9 Å². The normalized spacial score (nSPS) is 12.1. The van der Waals surface area contributed by atoms with Gasteiger partial charge < -0.3 is 15.0 Å². The van der Waals surface area contributed by atoms with Crippen molar-refractivity contribution >= 4 is 0 Å². The van der Waals surface area contributed by atoms with Crippen LogP contribution in [-0.2, 0) is 24.2 Å². The molecule has 0 radical (unpaired) electrons. The van der Waals surface area contributed by atoms with Crippen LogP contribution >= 0.6 is 0 Å². The number of aromatic nitrogens is 3. The lowest BCUT2D eigenvalue weighted by molar-refractivity contribution is -0.173. The van der Waals surface area contributed by atoms with Crippen molar-refractivity contribution in [3.05, 3.63) is 11.6 Å². The molecule has 0 unspecified atom stereocenters. The fourth-order valence-corrected chi connectivity index (χ4v) is 1.54. The van der Waals surface area contributed by atoms with Crippen LogP contribution in [0.4, 0.5) is 13.2 Å². The zero-order chi connectivity index (χ0) is 13.6. The predicted octanol–water partition coefficient (Wildman–Crippen LogP) is 1.27. The molecule has 0 atom stereocenters. The summed E-state index contributed by atoms with van der Waals surface area (Å²) in [5, 5.41) is 7.80. The summed E-state index contributed by atoms with van der Waals surface area (Å²) in [5.74, 6) is 1.25. The lowest BCUT2D eigenvalue weighted by atomic mass is 10.4. The summed E-state index contributed by atoms with van der Waals surface area (Å²) in [6.07, 6.45) is -3.12. The van der Waals surface area contributed by atoms with Gasteiger partial charge in [-0.05, 0) is 6.42 Å². The Kier molecular flexibility index (Phi) is 5.54. The van der Waals surface area contributed by atoms with Crippen molar-refractivity contribution in [1.82, 2.24) is 14.8 Å². The minimum absolute atomic E-state index is 0.0358.